The number of rotatable bonds is 7. The molecule has 0 aliphatic carbocycles. The summed E-state index contributed by atoms with van der Waals surface area (Å²) >= 11 is 0. The Kier molecular flexibility index (Phi) is 5.29. The Morgan fingerprint density at radius 3 is 2.72 bits per heavy atom. The molecular formula is C21H18N4O4. The Hall–Kier alpha value is -3.99. The molecule has 1 aliphatic heterocycles. The molecule has 0 atom stereocenters. The number of hydrogen-bond donors (Lipinski definition) is 2. The molecule has 2 aromatic carbocycles. The average Bonchev–Trinajstić information content (AvgIpc) is 3.21. The number of fused-ring (bicyclic) bond motifs is 2. The lowest BCUT2D eigenvalue weighted by Crippen LogP contribution is -2.32. The summed E-state index contributed by atoms with van der Waals surface area (Å²) < 4.78 is 16.1. The van der Waals surface area contributed by atoms with E-state index >= 15 is 0 Å². The van der Waals surface area contributed by atoms with Crippen LogP contribution in [0.3, 0.4) is 0 Å². The van der Waals surface area contributed by atoms with Crippen molar-refractivity contribution in [2.45, 2.75) is 0 Å². The number of carbonyl (C=O) groups excluding carboxylic acids is 1. The lowest BCUT2D eigenvalue weighted by atomic mass is 10.1. The lowest BCUT2D eigenvalue weighted by Gasteiger charge is -2.11. The SMILES string of the molecule is N#Cc1cc2cc3c(cc2nc1NCCNC(=O)COc1ccccc1)OCO3. The van der Waals surface area contributed by atoms with Gasteiger partial charge in [-0.2, -0.15) is 5.26 Å². The summed E-state index contributed by atoms with van der Waals surface area (Å²) in [7, 11) is 0. The molecule has 1 amide bonds. The Labute approximate surface area is 167 Å². The number of nitrogens with zero attached hydrogens (tertiary/aromatic N) is 2. The van der Waals surface area contributed by atoms with Gasteiger partial charge in [0, 0.05) is 24.5 Å². The van der Waals surface area contributed by atoms with Crippen molar-refractivity contribution < 1.29 is 19.0 Å². The quantitative estimate of drug-likeness (QED) is 0.597. The molecule has 2 N–H and O–H groups in total. The lowest BCUT2D eigenvalue weighted by molar-refractivity contribution is -0.123. The molecular weight excluding hydrogens is 372 g/mol. The fourth-order valence-electron chi connectivity index (χ4n) is 2.88. The van der Waals surface area contributed by atoms with E-state index < -0.39 is 0 Å². The van der Waals surface area contributed by atoms with E-state index in [-0.39, 0.29) is 19.3 Å². The monoisotopic (exact) mass is 390 g/mol. The zero-order valence-corrected chi connectivity index (χ0v) is 15.5. The molecule has 1 aromatic heterocycles. The van der Waals surface area contributed by atoms with Gasteiger partial charge < -0.3 is 24.8 Å². The first kappa shape index (κ1) is 18.4. The highest BCUT2D eigenvalue weighted by molar-refractivity contribution is 5.86. The molecule has 0 radical (unpaired) electrons. The molecule has 3 aromatic rings. The topological polar surface area (TPSA) is 106 Å². The minimum Gasteiger partial charge on any atom is -0.484 e. The van der Waals surface area contributed by atoms with Gasteiger partial charge in [-0.15, -0.1) is 0 Å². The van der Waals surface area contributed by atoms with Crippen molar-refractivity contribution in [2.75, 3.05) is 31.8 Å². The molecule has 1 aliphatic rings. The summed E-state index contributed by atoms with van der Waals surface area (Å²) in [5.41, 5.74) is 1.10. The number of hydrogen-bond acceptors (Lipinski definition) is 7. The maximum atomic E-state index is 11.9. The molecule has 0 unspecified atom stereocenters. The van der Waals surface area contributed by atoms with Gasteiger partial charge >= 0.3 is 0 Å². The van der Waals surface area contributed by atoms with Crippen LogP contribution < -0.4 is 24.8 Å². The normalized spacial score (nSPS) is 11.7. The van der Waals surface area contributed by atoms with Gasteiger partial charge in [0.05, 0.1) is 11.1 Å². The molecule has 146 valence electrons. The Balaban J connectivity index is 1.32. The van der Waals surface area contributed by atoms with Gasteiger partial charge in [-0.05, 0) is 24.3 Å². The second kappa shape index (κ2) is 8.35. The second-order valence-electron chi connectivity index (χ2n) is 6.27. The fraction of sp³-hybridized carbons (Fsp3) is 0.190. The molecule has 8 nitrogen and oxygen atoms in total. The van der Waals surface area contributed by atoms with Gasteiger partial charge in [-0.1, -0.05) is 18.2 Å². The molecule has 29 heavy (non-hydrogen) atoms. The van der Waals surface area contributed by atoms with Crippen molar-refractivity contribution in [3.05, 3.63) is 54.1 Å². The van der Waals surface area contributed by atoms with Crippen LogP contribution in [0.25, 0.3) is 10.9 Å². The summed E-state index contributed by atoms with van der Waals surface area (Å²) in [6, 6.07) is 16.6. The van der Waals surface area contributed by atoms with E-state index in [0.717, 1.165) is 5.39 Å². The van der Waals surface area contributed by atoms with Gasteiger partial charge in [0.2, 0.25) is 6.79 Å². The molecule has 0 spiro atoms. The predicted octanol–water partition coefficient (Wildman–Crippen LogP) is 2.44. The molecule has 0 saturated heterocycles. The van der Waals surface area contributed by atoms with Gasteiger partial charge in [-0.3, -0.25) is 4.79 Å². The Bertz CT molecular complexity index is 1080. The molecule has 0 fully saturated rings. The Morgan fingerprint density at radius 2 is 1.93 bits per heavy atom. The number of para-hydroxylation sites is 1. The second-order valence-corrected chi connectivity index (χ2v) is 6.27. The summed E-state index contributed by atoms with van der Waals surface area (Å²) in [4.78, 5) is 16.4. The first-order chi connectivity index (χ1) is 14.2. The first-order valence-electron chi connectivity index (χ1n) is 9.06. The molecule has 0 saturated carbocycles. The van der Waals surface area contributed by atoms with Gasteiger partial charge in [-0.25, -0.2) is 4.98 Å². The number of pyridine rings is 1. The van der Waals surface area contributed by atoms with E-state index in [1.54, 1.807) is 24.3 Å². The maximum Gasteiger partial charge on any atom is 0.258 e. The number of carbonyl (C=O) groups is 1. The van der Waals surface area contributed by atoms with Crippen LogP contribution in [0, 0.1) is 11.3 Å². The third kappa shape index (κ3) is 4.30. The van der Waals surface area contributed by atoms with E-state index in [1.807, 2.05) is 24.3 Å². The summed E-state index contributed by atoms with van der Waals surface area (Å²) in [5.74, 6) is 2.14. The number of nitrogens with one attached hydrogen (secondary N) is 2. The van der Waals surface area contributed by atoms with Crippen LogP contribution >= 0.6 is 0 Å². The fourth-order valence-corrected chi connectivity index (χ4v) is 2.88. The van der Waals surface area contributed by atoms with Gasteiger partial charge in [0.1, 0.15) is 17.6 Å². The van der Waals surface area contributed by atoms with E-state index in [2.05, 4.69) is 21.7 Å². The minimum atomic E-state index is -0.227. The van der Waals surface area contributed by atoms with Crippen LogP contribution in [0.4, 0.5) is 5.82 Å². The number of anilines is 1. The van der Waals surface area contributed by atoms with E-state index in [0.29, 0.717) is 47.2 Å². The smallest absolute Gasteiger partial charge is 0.258 e. The minimum absolute atomic E-state index is 0.0607. The number of ether oxygens (including phenoxy) is 3. The largest absolute Gasteiger partial charge is 0.484 e. The van der Waals surface area contributed by atoms with Crippen LogP contribution in [0.15, 0.2) is 48.5 Å². The highest BCUT2D eigenvalue weighted by Crippen LogP contribution is 2.36. The molecule has 2 heterocycles. The Morgan fingerprint density at radius 1 is 1.14 bits per heavy atom. The van der Waals surface area contributed by atoms with Crippen LogP contribution in [-0.2, 0) is 4.79 Å². The van der Waals surface area contributed by atoms with Crippen molar-refractivity contribution in [2.24, 2.45) is 0 Å². The van der Waals surface area contributed by atoms with Crippen molar-refractivity contribution in [1.29, 1.82) is 5.26 Å². The summed E-state index contributed by atoms with van der Waals surface area (Å²) in [6.07, 6.45) is 0. The zero-order valence-electron chi connectivity index (χ0n) is 15.5. The van der Waals surface area contributed by atoms with Crippen LogP contribution in [0.1, 0.15) is 5.56 Å². The third-order valence-corrected chi connectivity index (χ3v) is 4.28. The van der Waals surface area contributed by atoms with Gasteiger partial charge in [0.25, 0.3) is 5.91 Å². The van der Waals surface area contributed by atoms with Crippen molar-refractivity contribution >= 4 is 22.6 Å². The van der Waals surface area contributed by atoms with E-state index in [9.17, 15) is 10.1 Å². The summed E-state index contributed by atoms with van der Waals surface area (Å²) in [5, 5.41) is 16.1. The summed E-state index contributed by atoms with van der Waals surface area (Å²) in [6.45, 7) is 0.891. The zero-order chi connectivity index (χ0) is 20.1. The number of aromatic nitrogens is 1. The van der Waals surface area contributed by atoms with Crippen LogP contribution in [-0.4, -0.2) is 37.4 Å². The van der Waals surface area contributed by atoms with Crippen molar-refractivity contribution in [3.8, 4) is 23.3 Å². The number of amides is 1. The predicted molar refractivity (Wildman–Crippen MR) is 106 cm³/mol. The van der Waals surface area contributed by atoms with Crippen molar-refractivity contribution in [1.82, 2.24) is 10.3 Å². The molecule has 8 heteroatoms. The van der Waals surface area contributed by atoms with Crippen LogP contribution in [0.5, 0.6) is 17.2 Å². The highest BCUT2D eigenvalue weighted by atomic mass is 16.7. The third-order valence-electron chi connectivity index (χ3n) is 4.28. The van der Waals surface area contributed by atoms with Crippen molar-refractivity contribution in [3.63, 3.8) is 0 Å². The molecule has 4 rings (SSSR count). The van der Waals surface area contributed by atoms with E-state index in [1.165, 1.54) is 0 Å². The van der Waals surface area contributed by atoms with Crippen LogP contribution in [0.2, 0.25) is 0 Å². The number of benzene rings is 2. The van der Waals surface area contributed by atoms with Gasteiger partial charge in [0.15, 0.2) is 18.1 Å². The maximum absolute atomic E-state index is 11.9. The number of nitriles is 1. The first-order valence-corrected chi connectivity index (χ1v) is 9.06. The molecule has 0 bridgehead atoms. The highest BCUT2D eigenvalue weighted by Gasteiger charge is 2.16. The average molecular weight is 390 g/mol. The standard InChI is InChI=1S/C21H18N4O4/c22-11-15-8-14-9-18-19(29-13-28-18)10-17(14)25-21(15)24-7-6-23-20(26)12-27-16-4-2-1-3-5-16/h1-5,8-10H,6-7,12-13H2,(H,23,26)(H,24,25). The van der Waals surface area contributed by atoms with E-state index in [4.69, 9.17) is 14.2 Å².